The first kappa shape index (κ1) is 18.5. The lowest BCUT2D eigenvalue weighted by molar-refractivity contribution is 0.109. The molecule has 3 fully saturated rings. The van der Waals surface area contributed by atoms with Crippen LogP contribution < -0.4 is 5.73 Å². The van der Waals surface area contributed by atoms with E-state index in [1.54, 1.807) is 0 Å². The van der Waals surface area contributed by atoms with Gasteiger partial charge in [-0.2, -0.15) is 10.2 Å². The van der Waals surface area contributed by atoms with Crippen LogP contribution in [0.2, 0.25) is 0 Å². The van der Waals surface area contributed by atoms with Gasteiger partial charge in [-0.15, -0.1) is 0 Å². The SMILES string of the molecule is NCC1CC(n2cc(-c3cc4c(cn3)cnn4C3CCC(O)CC3)c(C3CC3)n2)C1. The molecule has 3 heterocycles. The van der Waals surface area contributed by atoms with Crippen molar-refractivity contribution in [2.45, 2.75) is 75.5 Å². The number of hydrogen-bond acceptors (Lipinski definition) is 5. The van der Waals surface area contributed by atoms with Gasteiger partial charge in [0.15, 0.2) is 0 Å². The third-order valence-corrected chi connectivity index (χ3v) is 7.41. The summed E-state index contributed by atoms with van der Waals surface area (Å²) in [5.41, 5.74) is 10.4. The smallest absolute Gasteiger partial charge is 0.0758 e. The zero-order chi connectivity index (χ0) is 20.2. The minimum atomic E-state index is -0.155. The van der Waals surface area contributed by atoms with Gasteiger partial charge < -0.3 is 10.8 Å². The number of aliphatic hydroxyl groups is 1. The van der Waals surface area contributed by atoms with E-state index in [4.69, 9.17) is 15.8 Å². The van der Waals surface area contributed by atoms with E-state index in [1.807, 2.05) is 12.4 Å². The zero-order valence-corrected chi connectivity index (χ0v) is 17.3. The van der Waals surface area contributed by atoms with Crippen LogP contribution in [0.5, 0.6) is 0 Å². The summed E-state index contributed by atoms with van der Waals surface area (Å²) in [5.74, 6) is 1.22. The third kappa shape index (κ3) is 3.15. The highest BCUT2D eigenvalue weighted by molar-refractivity contribution is 5.82. The average molecular weight is 407 g/mol. The molecule has 3 N–H and O–H groups in total. The Bertz CT molecular complexity index is 1050. The maximum Gasteiger partial charge on any atom is 0.0758 e. The highest BCUT2D eigenvalue weighted by atomic mass is 16.3. The van der Waals surface area contributed by atoms with Crippen molar-refractivity contribution in [1.29, 1.82) is 0 Å². The lowest BCUT2D eigenvalue weighted by Crippen LogP contribution is -2.32. The second kappa shape index (κ2) is 7.17. The van der Waals surface area contributed by atoms with E-state index in [-0.39, 0.29) is 6.10 Å². The molecule has 3 aromatic heterocycles. The molecule has 3 aliphatic carbocycles. The molecular weight excluding hydrogens is 376 g/mol. The molecule has 0 atom stereocenters. The molecule has 0 saturated heterocycles. The van der Waals surface area contributed by atoms with Gasteiger partial charge in [-0.05, 0) is 69.9 Å². The molecule has 0 spiro atoms. The number of nitrogens with zero attached hydrogens (tertiary/aromatic N) is 5. The minimum Gasteiger partial charge on any atom is -0.393 e. The second-order valence-corrected chi connectivity index (χ2v) is 9.59. The van der Waals surface area contributed by atoms with E-state index < -0.39 is 0 Å². The van der Waals surface area contributed by atoms with Crippen LogP contribution in [-0.4, -0.2) is 42.3 Å². The lowest BCUT2D eigenvalue weighted by Gasteiger charge is -2.34. The van der Waals surface area contributed by atoms with Crippen molar-refractivity contribution in [2.24, 2.45) is 11.7 Å². The predicted octanol–water partition coefficient (Wildman–Crippen LogP) is 3.56. The highest BCUT2D eigenvalue weighted by Gasteiger charge is 2.34. The van der Waals surface area contributed by atoms with E-state index in [1.165, 1.54) is 24.1 Å². The topological polar surface area (TPSA) is 94.8 Å². The number of hydrogen-bond donors (Lipinski definition) is 2. The van der Waals surface area contributed by atoms with Gasteiger partial charge in [0.25, 0.3) is 0 Å². The van der Waals surface area contributed by atoms with Gasteiger partial charge in [0.1, 0.15) is 0 Å². The van der Waals surface area contributed by atoms with Crippen LogP contribution in [0, 0.1) is 5.92 Å². The number of pyridine rings is 1. The number of nitrogens with two attached hydrogens (primary N) is 1. The molecular formula is C23H30N6O. The van der Waals surface area contributed by atoms with Gasteiger partial charge in [0.05, 0.1) is 41.3 Å². The maximum absolute atomic E-state index is 9.87. The highest BCUT2D eigenvalue weighted by Crippen LogP contribution is 2.45. The van der Waals surface area contributed by atoms with Crippen molar-refractivity contribution in [3.05, 3.63) is 30.4 Å². The normalized spacial score (nSPS) is 29.3. The number of fused-ring (bicyclic) bond motifs is 1. The molecule has 0 amide bonds. The molecule has 3 saturated carbocycles. The molecule has 3 aromatic rings. The van der Waals surface area contributed by atoms with Crippen LogP contribution in [0.1, 0.15) is 75.1 Å². The number of aliphatic hydroxyl groups excluding tert-OH is 1. The summed E-state index contributed by atoms with van der Waals surface area (Å²) in [5, 5.41) is 20.6. The standard InChI is InChI=1S/C23H30N6O/c24-10-14-7-18(8-14)28-13-20(23(27-28)15-1-2-15)21-9-22-16(11-25-21)12-26-29(22)17-3-5-19(30)6-4-17/h9,11-15,17-19,30H,1-8,10,24H2. The molecule has 158 valence electrons. The van der Waals surface area contributed by atoms with Crippen LogP contribution >= 0.6 is 0 Å². The third-order valence-electron chi connectivity index (χ3n) is 7.41. The van der Waals surface area contributed by atoms with E-state index in [9.17, 15) is 5.11 Å². The maximum atomic E-state index is 9.87. The lowest BCUT2D eigenvalue weighted by atomic mass is 9.80. The van der Waals surface area contributed by atoms with Gasteiger partial charge in [0, 0.05) is 29.3 Å². The summed E-state index contributed by atoms with van der Waals surface area (Å²) in [6, 6.07) is 3.03. The summed E-state index contributed by atoms with van der Waals surface area (Å²) in [6.07, 6.45) is 14.3. The first-order chi connectivity index (χ1) is 14.7. The molecule has 7 nitrogen and oxygen atoms in total. The van der Waals surface area contributed by atoms with E-state index in [0.29, 0.717) is 23.9 Å². The largest absolute Gasteiger partial charge is 0.393 e. The molecule has 3 aliphatic rings. The summed E-state index contributed by atoms with van der Waals surface area (Å²) < 4.78 is 4.34. The Morgan fingerprint density at radius 2 is 1.83 bits per heavy atom. The molecule has 6 rings (SSSR count). The van der Waals surface area contributed by atoms with E-state index >= 15 is 0 Å². The van der Waals surface area contributed by atoms with Crippen molar-refractivity contribution >= 4 is 10.9 Å². The molecule has 0 aromatic carbocycles. The van der Waals surface area contributed by atoms with Crippen molar-refractivity contribution in [3.63, 3.8) is 0 Å². The Morgan fingerprint density at radius 3 is 2.57 bits per heavy atom. The van der Waals surface area contributed by atoms with Crippen LogP contribution in [0.4, 0.5) is 0 Å². The van der Waals surface area contributed by atoms with Crippen molar-refractivity contribution in [1.82, 2.24) is 24.5 Å². The minimum absolute atomic E-state index is 0.155. The van der Waals surface area contributed by atoms with Crippen molar-refractivity contribution < 1.29 is 5.11 Å². The number of aromatic nitrogens is 5. The van der Waals surface area contributed by atoms with E-state index in [0.717, 1.165) is 61.7 Å². The fourth-order valence-corrected chi connectivity index (χ4v) is 5.24. The molecule has 7 heteroatoms. The van der Waals surface area contributed by atoms with Gasteiger partial charge in [-0.25, -0.2) is 0 Å². The van der Waals surface area contributed by atoms with Gasteiger partial charge >= 0.3 is 0 Å². The van der Waals surface area contributed by atoms with Crippen LogP contribution in [0.15, 0.2) is 24.7 Å². The summed E-state index contributed by atoms with van der Waals surface area (Å²) in [4.78, 5) is 4.80. The first-order valence-electron chi connectivity index (χ1n) is 11.5. The Morgan fingerprint density at radius 1 is 1.03 bits per heavy atom. The summed E-state index contributed by atoms with van der Waals surface area (Å²) in [7, 11) is 0. The molecule has 30 heavy (non-hydrogen) atoms. The fourth-order valence-electron chi connectivity index (χ4n) is 5.24. The number of rotatable bonds is 5. The van der Waals surface area contributed by atoms with E-state index in [2.05, 4.69) is 26.7 Å². The van der Waals surface area contributed by atoms with Gasteiger partial charge in [-0.3, -0.25) is 14.3 Å². The average Bonchev–Trinajstić information content (AvgIpc) is 3.34. The second-order valence-electron chi connectivity index (χ2n) is 9.59. The van der Waals surface area contributed by atoms with Crippen LogP contribution in [-0.2, 0) is 0 Å². The molecule has 0 unspecified atom stereocenters. The Labute approximate surface area is 176 Å². The van der Waals surface area contributed by atoms with Gasteiger partial charge in [-0.1, -0.05) is 0 Å². The Hall–Kier alpha value is -2.25. The van der Waals surface area contributed by atoms with Crippen molar-refractivity contribution in [3.8, 4) is 11.3 Å². The quantitative estimate of drug-likeness (QED) is 0.676. The first-order valence-corrected chi connectivity index (χ1v) is 11.5. The molecule has 0 aliphatic heterocycles. The summed E-state index contributed by atoms with van der Waals surface area (Å²) in [6.45, 7) is 0.778. The van der Waals surface area contributed by atoms with Crippen LogP contribution in [0.25, 0.3) is 22.2 Å². The molecule has 0 radical (unpaired) electrons. The zero-order valence-electron chi connectivity index (χ0n) is 17.3. The molecule has 0 bridgehead atoms. The van der Waals surface area contributed by atoms with Gasteiger partial charge in [0.2, 0.25) is 0 Å². The summed E-state index contributed by atoms with van der Waals surface area (Å²) >= 11 is 0. The van der Waals surface area contributed by atoms with Crippen LogP contribution in [0.3, 0.4) is 0 Å². The fraction of sp³-hybridized carbons (Fsp3) is 0.609. The monoisotopic (exact) mass is 406 g/mol. The Kier molecular flexibility index (Phi) is 4.42. The van der Waals surface area contributed by atoms with Crippen molar-refractivity contribution in [2.75, 3.05) is 6.54 Å². The predicted molar refractivity (Wildman–Crippen MR) is 115 cm³/mol. The Balaban J connectivity index is 1.35.